The molecule has 0 saturated heterocycles. The zero-order valence-corrected chi connectivity index (χ0v) is 8.50. The van der Waals surface area contributed by atoms with Gasteiger partial charge in [0.1, 0.15) is 0 Å². The van der Waals surface area contributed by atoms with Crippen molar-refractivity contribution < 1.29 is 30.0 Å². The van der Waals surface area contributed by atoms with Gasteiger partial charge in [-0.3, -0.25) is 0 Å². The first kappa shape index (κ1) is 15.5. The van der Waals surface area contributed by atoms with Gasteiger partial charge >= 0.3 is 29.2 Å². The molecular formula is C7H3ClF4Mg. The van der Waals surface area contributed by atoms with E-state index in [1.54, 1.807) is 0 Å². The molecule has 0 aliphatic rings. The van der Waals surface area contributed by atoms with Gasteiger partial charge in [0.05, 0.1) is 0 Å². The number of halogens is 5. The predicted octanol–water partition coefficient (Wildman–Crippen LogP) is -0.732. The van der Waals surface area contributed by atoms with Gasteiger partial charge in [-0.1, -0.05) is 5.56 Å². The standard InChI is InChI=1S/C7H3F4.ClH.Mg/c8-6-3-1-2-5(4-6)7(9,10)11;;/h1,3-4H;1H;/q-1;;+2/p-1. The first-order valence-electron chi connectivity index (χ1n) is 2.74. The molecule has 0 aliphatic heterocycles. The summed E-state index contributed by atoms with van der Waals surface area (Å²) in [5, 5.41) is 0. The molecule has 68 valence electrons. The van der Waals surface area contributed by atoms with Crippen LogP contribution in [0.5, 0.6) is 0 Å². The van der Waals surface area contributed by atoms with Crippen LogP contribution in [-0.4, -0.2) is 23.1 Å². The Morgan fingerprint density at radius 1 is 1.23 bits per heavy atom. The fourth-order valence-electron chi connectivity index (χ4n) is 0.602. The Kier molecular flexibility index (Phi) is 6.74. The third-order valence-electron chi connectivity index (χ3n) is 1.07. The number of alkyl halides is 3. The Labute approximate surface area is 94.9 Å². The molecule has 0 saturated carbocycles. The maximum Gasteiger partial charge on any atom is 2.00 e. The molecule has 1 rings (SSSR count). The van der Waals surface area contributed by atoms with Gasteiger partial charge < -0.3 is 12.4 Å². The number of hydrogen-bond acceptors (Lipinski definition) is 0. The van der Waals surface area contributed by atoms with E-state index in [2.05, 4.69) is 0 Å². The Balaban J connectivity index is 0. The minimum Gasteiger partial charge on any atom is -1.00 e. The number of hydrogen-bond donors (Lipinski definition) is 0. The molecule has 6 heteroatoms. The van der Waals surface area contributed by atoms with E-state index >= 15 is 0 Å². The second-order valence-electron chi connectivity index (χ2n) is 1.92. The van der Waals surface area contributed by atoms with Crippen LogP contribution >= 0.6 is 0 Å². The summed E-state index contributed by atoms with van der Waals surface area (Å²) in [5.41, 5.74) is -1.09. The molecule has 0 atom stereocenters. The fraction of sp³-hybridized carbons (Fsp3) is 0.143. The maximum atomic E-state index is 12.2. The monoisotopic (exact) mass is 222 g/mol. The van der Waals surface area contributed by atoms with Gasteiger partial charge in [0, 0.05) is 5.82 Å². The van der Waals surface area contributed by atoms with Crippen LogP contribution in [0.2, 0.25) is 0 Å². The summed E-state index contributed by atoms with van der Waals surface area (Å²) < 4.78 is 47.5. The van der Waals surface area contributed by atoms with E-state index in [0.29, 0.717) is 6.07 Å². The minimum absolute atomic E-state index is 0. The molecular weight excluding hydrogens is 220 g/mol. The molecule has 0 aromatic heterocycles. The predicted molar refractivity (Wildman–Crippen MR) is 36.0 cm³/mol. The van der Waals surface area contributed by atoms with Gasteiger partial charge in [-0.2, -0.15) is 25.3 Å². The summed E-state index contributed by atoms with van der Waals surface area (Å²) in [6.07, 6.45) is -4.51. The van der Waals surface area contributed by atoms with E-state index in [4.69, 9.17) is 0 Å². The first-order valence-corrected chi connectivity index (χ1v) is 2.74. The molecule has 0 bridgehead atoms. The SMILES string of the molecule is Fc1cc[c-]c(C(F)(F)F)c1.[Cl-].[Mg+2]. The molecule has 0 N–H and O–H groups in total. The topological polar surface area (TPSA) is 0 Å². The third kappa shape index (κ3) is 4.68. The van der Waals surface area contributed by atoms with Crippen LogP contribution < -0.4 is 12.4 Å². The minimum atomic E-state index is -4.51. The molecule has 0 nitrogen and oxygen atoms in total. The first-order chi connectivity index (χ1) is 5.00. The van der Waals surface area contributed by atoms with Crippen molar-refractivity contribution >= 4 is 23.1 Å². The molecule has 13 heavy (non-hydrogen) atoms. The number of benzene rings is 1. The molecule has 1 aromatic rings. The zero-order valence-electron chi connectivity index (χ0n) is 6.33. The van der Waals surface area contributed by atoms with E-state index in [9.17, 15) is 17.6 Å². The van der Waals surface area contributed by atoms with Crippen LogP contribution in [0.25, 0.3) is 0 Å². The average Bonchev–Trinajstić information content (AvgIpc) is 1.86. The zero-order chi connectivity index (χ0) is 8.48. The summed E-state index contributed by atoms with van der Waals surface area (Å²) in [4.78, 5) is 0. The van der Waals surface area contributed by atoms with Crippen molar-refractivity contribution in [1.82, 2.24) is 0 Å². The second kappa shape index (κ2) is 5.67. The van der Waals surface area contributed by atoms with Crippen LogP contribution in [0.4, 0.5) is 17.6 Å². The molecule has 0 spiro atoms. The number of rotatable bonds is 0. The molecule has 0 unspecified atom stereocenters. The molecule has 0 radical (unpaired) electrons. The third-order valence-corrected chi connectivity index (χ3v) is 1.07. The Hall–Kier alpha value is -0.00377. The molecule has 1 aromatic carbocycles. The van der Waals surface area contributed by atoms with Crippen molar-refractivity contribution in [2.45, 2.75) is 6.18 Å². The molecule has 0 fully saturated rings. The van der Waals surface area contributed by atoms with E-state index in [1.165, 1.54) is 0 Å². The quantitative estimate of drug-likeness (QED) is 0.309. The second-order valence-corrected chi connectivity index (χ2v) is 1.92. The molecule has 0 amide bonds. The van der Waals surface area contributed by atoms with Gasteiger partial charge in [-0.15, -0.1) is 12.1 Å². The van der Waals surface area contributed by atoms with Gasteiger partial charge in [0.2, 0.25) is 0 Å². The van der Waals surface area contributed by atoms with Crippen molar-refractivity contribution in [2.24, 2.45) is 0 Å². The van der Waals surface area contributed by atoms with Crippen LogP contribution in [0.3, 0.4) is 0 Å². The summed E-state index contributed by atoms with van der Waals surface area (Å²) in [7, 11) is 0. The Morgan fingerprint density at radius 2 is 1.77 bits per heavy atom. The fourth-order valence-corrected chi connectivity index (χ4v) is 0.602. The van der Waals surface area contributed by atoms with E-state index in [0.717, 1.165) is 12.1 Å². The summed E-state index contributed by atoms with van der Waals surface area (Å²) >= 11 is 0. The summed E-state index contributed by atoms with van der Waals surface area (Å²) in [6, 6.07) is 4.10. The van der Waals surface area contributed by atoms with Crippen molar-refractivity contribution in [1.29, 1.82) is 0 Å². The van der Waals surface area contributed by atoms with Gasteiger partial charge in [-0.05, 0) is 0 Å². The van der Waals surface area contributed by atoms with Crippen LogP contribution in [0.15, 0.2) is 18.2 Å². The smallest absolute Gasteiger partial charge is 1.00 e. The van der Waals surface area contributed by atoms with E-state index in [1.807, 2.05) is 6.07 Å². The van der Waals surface area contributed by atoms with Gasteiger partial charge in [0.25, 0.3) is 0 Å². The Bertz CT molecular complexity index is 261. The van der Waals surface area contributed by atoms with Gasteiger partial charge in [0.15, 0.2) is 0 Å². The summed E-state index contributed by atoms with van der Waals surface area (Å²) in [5.74, 6) is -0.906. The van der Waals surface area contributed by atoms with Crippen LogP contribution in [0.1, 0.15) is 5.56 Å². The van der Waals surface area contributed by atoms with Gasteiger partial charge in [-0.25, -0.2) is 4.39 Å². The van der Waals surface area contributed by atoms with E-state index < -0.39 is 17.6 Å². The molecule has 0 heterocycles. The normalized spacial score (nSPS) is 9.85. The Morgan fingerprint density at radius 3 is 2.08 bits per heavy atom. The maximum absolute atomic E-state index is 12.2. The van der Waals surface area contributed by atoms with E-state index in [-0.39, 0.29) is 35.5 Å². The van der Waals surface area contributed by atoms with Crippen molar-refractivity contribution in [3.8, 4) is 0 Å². The van der Waals surface area contributed by atoms with Crippen molar-refractivity contribution in [2.75, 3.05) is 0 Å². The van der Waals surface area contributed by atoms with Crippen molar-refractivity contribution in [3.63, 3.8) is 0 Å². The van der Waals surface area contributed by atoms with Crippen molar-refractivity contribution in [3.05, 3.63) is 35.6 Å². The van der Waals surface area contributed by atoms with Crippen LogP contribution in [0, 0.1) is 11.9 Å². The summed E-state index contributed by atoms with van der Waals surface area (Å²) in [6.45, 7) is 0. The van der Waals surface area contributed by atoms with Crippen LogP contribution in [-0.2, 0) is 6.18 Å². The largest absolute Gasteiger partial charge is 2.00 e. The molecule has 0 aliphatic carbocycles. The average molecular weight is 223 g/mol.